The van der Waals surface area contributed by atoms with Crippen LogP contribution in [0.4, 0.5) is 5.69 Å². The molecule has 0 amide bonds. The first-order valence-corrected chi connectivity index (χ1v) is 4.70. The average molecular weight is 272 g/mol. The van der Waals surface area contributed by atoms with E-state index in [1.54, 1.807) is 0 Å². The summed E-state index contributed by atoms with van der Waals surface area (Å²) in [4.78, 5) is 31.6. The number of benzene rings is 1. The van der Waals surface area contributed by atoms with Crippen molar-refractivity contribution in [1.82, 2.24) is 0 Å². The average Bonchev–Trinajstić information content (AvgIpc) is 2.17. The Labute approximate surface area is 93.4 Å². The Bertz CT molecular complexity index is 456. The molecule has 78 valence electrons. The van der Waals surface area contributed by atoms with Gasteiger partial charge in [-0.05, 0) is 28.9 Å². The summed E-state index contributed by atoms with van der Waals surface area (Å²) in [7, 11) is 0. The number of aldehydes is 1. The highest BCUT2D eigenvalue weighted by Crippen LogP contribution is 2.29. The fraction of sp³-hybridized carbons (Fsp3) is 0.111. The number of carbonyl (C=O) groups is 2. The van der Waals surface area contributed by atoms with Gasteiger partial charge in [0.05, 0.1) is 4.92 Å². The summed E-state index contributed by atoms with van der Waals surface area (Å²) in [5.41, 5.74) is -0.0498. The Morgan fingerprint density at radius 1 is 1.53 bits per heavy atom. The molecule has 0 fully saturated rings. The van der Waals surface area contributed by atoms with Crippen LogP contribution in [0.25, 0.3) is 0 Å². The summed E-state index contributed by atoms with van der Waals surface area (Å²) in [6, 6.07) is 2.45. The molecule has 0 unspecified atom stereocenters. The fourth-order valence-corrected chi connectivity index (χ4v) is 1.52. The Hall–Kier alpha value is -1.56. The van der Waals surface area contributed by atoms with Crippen LogP contribution < -0.4 is 0 Å². The van der Waals surface area contributed by atoms with E-state index in [0.29, 0.717) is 6.29 Å². The van der Waals surface area contributed by atoms with E-state index in [0.717, 1.165) is 6.07 Å². The maximum atomic E-state index is 11.0. The van der Waals surface area contributed by atoms with Crippen molar-refractivity contribution in [3.63, 3.8) is 0 Å². The number of nitro groups is 1. The van der Waals surface area contributed by atoms with Gasteiger partial charge in [-0.15, -0.1) is 0 Å². The van der Waals surface area contributed by atoms with Gasteiger partial charge in [-0.2, -0.15) is 0 Å². The number of rotatable bonds is 3. The van der Waals surface area contributed by atoms with Gasteiger partial charge in [0.1, 0.15) is 4.47 Å². The number of hydrogen-bond donors (Lipinski definition) is 0. The third-order valence-electron chi connectivity index (χ3n) is 1.81. The first kappa shape index (κ1) is 11.5. The number of hydrogen-bond acceptors (Lipinski definition) is 4. The smallest absolute Gasteiger partial charge is 0.284 e. The minimum Gasteiger partial charge on any atom is -0.298 e. The molecule has 0 aliphatic rings. The van der Waals surface area contributed by atoms with Crippen molar-refractivity contribution in [2.75, 3.05) is 0 Å². The van der Waals surface area contributed by atoms with Crippen LogP contribution in [0, 0.1) is 10.1 Å². The second-order valence-electron chi connectivity index (χ2n) is 2.83. The largest absolute Gasteiger partial charge is 0.298 e. The van der Waals surface area contributed by atoms with Crippen molar-refractivity contribution in [2.45, 2.75) is 6.92 Å². The molecule has 0 saturated carbocycles. The van der Waals surface area contributed by atoms with Gasteiger partial charge in [-0.3, -0.25) is 19.7 Å². The van der Waals surface area contributed by atoms with Crippen LogP contribution in [0.2, 0.25) is 0 Å². The van der Waals surface area contributed by atoms with Gasteiger partial charge in [0, 0.05) is 17.2 Å². The van der Waals surface area contributed by atoms with Crippen molar-refractivity contribution < 1.29 is 14.5 Å². The van der Waals surface area contributed by atoms with Gasteiger partial charge in [0.25, 0.3) is 5.69 Å². The third kappa shape index (κ3) is 2.27. The molecular weight excluding hydrogens is 266 g/mol. The zero-order valence-electron chi connectivity index (χ0n) is 7.69. The molecule has 6 heteroatoms. The molecule has 1 aromatic rings. The third-order valence-corrected chi connectivity index (χ3v) is 2.68. The van der Waals surface area contributed by atoms with Gasteiger partial charge in [0.2, 0.25) is 0 Å². The molecule has 0 N–H and O–H groups in total. The summed E-state index contributed by atoms with van der Waals surface area (Å²) in [6.45, 7) is 1.28. The lowest BCUT2D eigenvalue weighted by Crippen LogP contribution is -1.99. The van der Waals surface area contributed by atoms with Crippen LogP contribution in [0.15, 0.2) is 16.6 Å². The minimum absolute atomic E-state index is 0.0903. The molecule has 15 heavy (non-hydrogen) atoms. The van der Waals surface area contributed by atoms with E-state index in [2.05, 4.69) is 15.9 Å². The quantitative estimate of drug-likeness (QED) is 0.366. The summed E-state index contributed by atoms with van der Waals surface area (Å²) in [5.74, 6) is -0.325. The highest BCUT2D eigenvalue weighted by atomic mass is 79.9. The lowest BCUT2D eigenvalue weighted by molar-refractivity contribution is -0.385. The molecule has 0 atom stereocenters. The van der Waals surface area contributed by atoms with E-state index in [1.165, 1.54) is 13.0 Å². The van der Waals surface area contributed by atoms with Crippen LogP contribution in [0.1, 0.15) is 27.6 Å². The number of halogens is 1. The summed E-state index contributed by atoms with van der Waals surface area (Å²) >= 11 is 2.94. The van der Waals surface area contributed by atoms with Gasteiger partial charge < -0.3 is 0 Å². The van der Waals surface area contributed by atoms with Crippen LogP contribution in [-0.4, -0.2) is 17.0 Å². The van der Waals surface area contributed by atoms with Gasteiger partial charge in [-0.1, -0.05) is 0 Å². The van der Waals surface area contributed by atoms with Crippen LogP contribution in [0.5, 0.6) is 0 Å². The number of ketones is 1. The normalized spacial score (nSPS) is 9.73. The number of carbonyl (C=O) groups excluding carboxylic acids is 2. The minimum atomic E-state index is -0.649. The molecule has 0 bridgehead atoms. The SMILES string of the molecule is CC(=O)c1cc(C=O)c(Br)c([N+](=O)[O-])c1. The number of nitro benzene ring substituents is 1. The van der Waals surface area contributed by atoms with Gasteiger partial charge in [0.15, 0.2) is 12.1 Å². The summed E-state index contributed by atoms with van der Waals surface area (Å²) < 4.78 is 0.0903. The Morgan fingerprint density at radius 2 is 2.13 bits per heavy atom. The summed E-state index contributed by atoms with van der Waals surface area (Å²) in [5, 5.41) is 10.6. The Balaban J connectivity index is 3.51. The van der Waals surface area contributed by atoms with Crippen molar-refractivity contribution in [3.8, 4) is 0 Å². The van der Waals surface area contributed by atoms with Crippen molar-refractivity contribution in [2.24, 2.45) is 0 Å². The molecule has 1 aromatic carbocycles. The highest BCUT2D eigenvalue weighted by molar-refractivity contribution is 9.10. The second-order valence-corrected chi connectivity index (χ2v) is 3.62. The van der Waals surface area contributed by atoms with E-state index >= 15 is 0 Å². The molecule has 0 aliphatic heterocycles. The summed E-state index contributed by atoms with van der Waals surface area (Å²) in [6.07, 6.45) is 0.462. The van der Waals surface area contributed by atoms with E-state index in [1.807, 2.05) is 0 Å². The van der Waals surface area contributed by atoms with Crippen molar-refractivity contribution in [1.29, 1.82) is 0 Å². The molecule has 0 aromatic heterocycles. The zero-order chi connectivity index (χ0) is 11.6. The Kier molecular flexibility index (Phi) is 3.31. The number of Topliss-reactive ketones (excluding diaryl/α,β-unsaturated/α-hetero) is 1. The standard InChI is InChI=1S/C9H6BrNO4/c1-5(13)6-2-7(4-12)9(10)8(3-6)11(14)15/h2-4H,1H3. The van der Waals surface area contributed by atoms with E-state index < -0.39 is 4.92 Å². The Morgan fingerprint density at radius 3 is 2.53 bits per heavy atom. The molecule has 5 nitrogen and oxygen atoms in total. The molecule has 0 radical (unpaired) electrons. The van der Waals surface area contributed by atoms with Crippen molar-refractivity contribution >= 4 is 33.7 Å². The van der Waals surface area contributed by atoms with Crippen LogP contribution in [-0.2, 0) is 0 Å². The van der Waals surface area contributed by atoms with E-state index in [4.69, 9.17) is 0 Å². The zero-order valence-corrected chi connectivity index (χ0v) is 9.28. The van der Waals surface area contributed by atoms with E-state index in [-0.39, 0.29) is 27.1 Å². The van der Waals surface area contributed by atoms with Gasteiger partial charge >= 0.3 is 0 Å². The predicted octanol–water partition coefficient (Wildman–Crippen LogP) is 2.37. The maximum Gasteiger partial charge on any atom is 0.284 e. The molecule has 0 saturated heterocycles. The molecular formula is C9H6BrNO4. The van der Waals surface area contributed by atoms with Crippen LogP contribution in [0.3, 0.4) is 0 Å². The first-order valence-electron chi connectivity index (χ1n) is 3.91. The molecule has 0 aliphatic carbocycles. The van der Waals surface area contributed by atoms with Gasteiger partial charge in [-0.25, -0.2) is 0 Å². The van der Waals surface area contributed by atoms with E-state index in [9.17, 15) is 19.7 Å². The first-order chi connectivity index (χ1) is 6.97. The molecule has 0 spiro atoms. The lowest BCUT2D eigenvalue weighted by atomic mass is 10.1. The maximum absolute atomic E-state index is 11.0. The topological polar surface area (TPSA) is 77.3 Å². The predicted molar refractivity (Wildman–Crippen MR) is 56.2 cm³/mol. The lowest BCUT2D eigenvalue weighted by Gasteiger charge is -2.01. The molecule has 1 rings (SSSR count). The highest BCUT2D eigenvalue weighted by Gasteiger charge is 2.18. The monoisotopic (exact) mass is 271 g/mol. The van der Waals surface area contributed by atoms with Crippen molar-refractivity contribution in [3.05, 3.63) is 37.8 Å². The fourth-order valence-electron chi connectivity index (χ4n) is 1.05. The van der Waals surface area contributed by atoms with Crippen LogP contribution >= 0.6 is 15.9 Å². The second kappa shape index (κ2) is 4.31. The number of nitrogens with zero attached hydrogens (tertiary/aromatic N) is 1. The molecule has 0 heterocycles.